The second kappa shape index (κ2) is 7.99. The summed E-state index contributed by atoms with van der Waals surface area (Å²) in [6.45, 7) is 3.22. The van der Waals surface area contributed by atoms with Crippen molar-refractivity contribution >= 4 is 17.5 Å². The highest BCUT2D eigenvalue weighted by molar-refractivity contribution is 6.30. The normalized spacial score (nSPS) is 10.6. The number of aromatic nitrogens is 1. The zero-order valence-corrected chi connectivity index (χ0v) is 14.7. The fourth-order valence-corrected chi connectivity index (χ4v) is 2.73. The van der Waals surface area contributed by atoms with Crippen LogP contribution in [0.5, 0.6) is 0 Å². The Morgan fingerprint density at radius 2 is 1.84 bits per heavy atom. The number of benzene rings is 2. The zero-order chi connectivity index (χ0) is 17.6. The van der Waals surface area contributed by atoms with E-state index in [-0.39, 0.29) is 5.91 Å². The molecule has 0 unspecified atom stereocenters. The van der Waals surface area contributed by atoms with E-state index in [4.69, 9.17) is 16.1 Å². The van der Waals surface area contributed by atoms with E-state index in [1.807, 2.05) is 37.3 Å². The molecule has 0 atom stereocenters. The first kappa shape index (κ1) is 17.2. The van der Waals surface area contributed by atoms with Gasteiger partial charge in [0.25, 0.3) is 5.91 Å². The molecule has 0 spiro atoms. The smallest absolute Gasteiger partial charge is 0.276 e. The lowest BCUT2D eigenvalue weighted by molar-refractivity contribution is 0.0756. The van der Waals surface area contributed by atoms with Gasteiger partial charge in [0.15, 0.2) is 11.5 Å². The molecule has 25 heavy (non-hydrogen) atoms. The van der Waals surface area contributed by atoms with Crippen LogP contribution in [0.1, 0.15) is 23.0 Å². The van der Waals surface area contributed by atoms with Crippen molar-refractivity contribution in [3.63, 3.8) is 0 Å². The summed E-state index contributed by atoms with van der Waals surface area (Å²) in [5, 5.41) is 4.59. The Morgan fingerprint density at radius 3 is 2.52 bits per heavy atom. The minimum absolute atomic E-state index is 0.123. The molecule has 0 saturated carbocycles. The number of rotatable bonds is 6. The molecule has 3 aromatic rings. The van der Waals surface area contributed by atoms with E-state index in [1.165, 1.54) is 5.56 Å². The molecule has 0 radical (unpaired) electrons. The summed E-state index contributed by atoms with van der Waals surface area (Å²) in [6.07, 6.45) is 0.808. The van der Waals surface area contributed by atoms with Gasteiger partial charge in [-0.05, 0) is 43.2 Å². The van der Waals surface area contributed by atoms with Crippen molar-refractivity contribution in [2.45, 2.75) is 13.3 Å². The number of hydrogen-bond acceptors (Lipinski definition) is 3. The van der Waals surface area contributed by atoms with Gasteiger partial charge in [-0.25, -0.2) is 0 Å². The molecule has 0 aliphatic carbocycles. The van der Waals surface area contributed by atoms with Gasteiger partial charge in [-0.15, -0.1) is 0 Å². The predicted molar refractivity (Wildman–Crippen MR) is 98.7 cm³/mol. The zero-order valence-electron chi connectivity index (χ0n) is 14.0. The van der Waals surface area contributed by atoms with Crippen molar-refractivity contribution in [1.82, 2.24) is 10.1 Å². The summed E-state index contributed by atoms with van der Waals surface area (Å²) < 4.78 is 5.33. The summed E-state index contributed by atoms with van der Waals surface area (Å²) in [4.78, 5) is 14.5. The number of halogens is 1. The highest BCUT2D eigenvalue weighted by atomic mass is 35.5. The third-order valence-corrected chi connectivity index (χ3v) is 4.29. The first-order valence-electron chi connectivity index (χ1n) is 8.23. The van der Waals surface area contributed by atoms with Crippen LogP contribution >= 0.6 is 11.6 Å². The van der Waals surface area contributed by atoms with E-state index in [1.54, 1.807) is 23.1 Å². The van der Waals surface area contributed by atoms with E-state index in [2.05, 4.69) is 17.3 Å². The Kier molecular flexibility index (Phi) is 5.51. The van der Waals surface area contributed by atoms with Crippen LogP contribution in [0.15, 0.2) is 65.2 Å². The number of nitrogens with zero attached hydrogens (tertiary/aromatic N) is 2. The molecule has 128 valence electrons. The van der Waals surface area contributed by atoms with Crippen LogP contribution < -0.4 is 0 Å². The van der Waals surface area contributed by atoms with Gasteiger partial charge in [-0.3, -0.25) is 4.79 Å². The maximum absolute atomic E-state index is 12.7. The Hall–Kier alpha value is -2.59. The van der Waals surface area contributed by atoms with Gasteiger partial charge in [-0.1, -0.05) is 47.1 Å². The fourth-order valence-electron chi connectivity index (χ4n) is 2.60. The molecule has 0 aliphatic rings. The average Bonchev–Trinajstić information content (AvgIpc) is 3.13. The maximum Gasteiger partial charge on any atom is 0.276 e. The lowest BCUT2D eigenvalue weighted by atomic mass is 10.1. The van der Waals surface area contributed by atoms with Crippen molar-refractivity contribution in [3.8, 4) is 11.3 Å². The molecular weight excluding hydrogens is 336 g/mol. The minimum Gasteiger partial charge on any atom is -0.355 e. The molecule has 2 aromatic carbocycles. The fraction of sp³-hybridized carbons (Fsp3) is 0.200. The Morgan fingerprint density at radius 1 is 1.12 bits per heavy atom. The van der Waals surface area contributed by atoms with Crippen LogP contribution in [0, 0.1) is 0 Å². The monoisotopic (exact) mass is 354 g/mol. The van der Waals surface area contributed by atoms with E-state index in [9.17, 15) is 4.79 Å². The second-order valence-corrected chi connectivity index (χ2v) is 6.14. The van der Waals surface area contributed by atoms with Crippen molar-refractivity contribution in [3.05, 3.63) is 76.9 Å². The quantitative estimate of drug-likeness (QED) is 0.644. The summed E-state index contributed by atoms with van der Waals surface area (Å²) in [5.41, 5.74) is 2.36. The SMILES string of the molecule is CCN(CCc1ccccc1)C(=O)c1cc(-c2ccc(Cl)cc2)on1. The van der Waals surface area contributed by atoms with Crippen LogP contribution in [0.2, 0.25) is 5.02 Å². The molecular formula is C20H19ClN2O2. The summed E-state index contributed by atoms with van der Waals surface area (Å²) in [7, 11) is 0. The lowest BCUT2D eigenvalue weighted by Crippen LogP contribution is -2.32. The molecule has 1 aromatic heterocycles. The van der Waals surface area contributed by atoms with Gasteiger partial charge >= 0.3 is 0 Å². The lowest BCUT2D eigenvalue weighted by Gasteiger charge is -2.19. The number of likely N-dealkylation sites (N-methyl/N-ethyl adjacent to an activating group) is 1. The first-order valence-corrected chi connectivity index (χ1v) is 8.61. The molecule has 1 amide bonds. The summed E-state index contributed by atoms with van der Waals surface area (Å²) >= 11 is 5.89. The molecule has 0 aliphatic heterocycles. The van der Waals surface area contributed by atoms with Crippen molar-refractivity contribution in [2.75, 3.05) is 13.1 Å². The van der Waals surface area contributed by atoms with Crippen molar-refractivity contribution in [1.29, 1.82) is 0 Å². The van der Waals surface area contributed by atoms with Gasteiger partial charge in [0.05, 0.1) is 0 Å². The Bertz CT molecular complexity index is 828. The number of carbonyl (C=O) groups excluding carboxylic acids is 1. The van der Waals surface area contributed by atoms with Crippen LogP contribution in [0.25, 0.3) is 11.3 Å². The predicted octanol–water partition coefficient (Wildman–Crippen LogP) is 4.70. The highest BCUT2D eigenvalue weighted by Gasteiger charge is 2.19. The van der Waals surface area contributed by atoms with Crippen LogP contribution in [0.3, 0.4) is 0 Å². The van der Waals surface area contributed by atoms with Gasteiger partial charge in [-0.2, -0.15) is 0 Å². The second-order valence-electron chi connectivity index (χ2n) is 5.70. The van der Waals surface area contributed by atoms with Crippen molar-refractivity contribution < 1.29 is 9.32 Å². The van der Waals surface area contributed by atoms with Gasteiger partial charge < -0.3 is 9.42 Å². The average molecular weight is 355 g/mol. The van der Waals surface area contributed by atoms with Gasteiger partial charge in [0, 0.05) is 29.7 Å². The van der Waals surface area contributed by atoms with Gasteiger partial charge in [0.2, 0.25) is 0 Å². The minimum atomic E-state index is -0.123. The molecule has 0 bridgehead atoms. The molecule has 0 N–H and O–H groups in total. The van der Waals surface area contributed by atoms with Crippen LogP contribution in [-0.2, 0) is 6.42 Å². The Balaban J connectivity index is 1.69. The maximum atomic E-state index is 12.7. The largest absolute Gasteiger partial charge is 0.355 e. The molecule has 4 nitrogen and oxygen atoms in total. The molecule has 0 fully saturated rings. The standard InChI is InChI=1S/C20H19ClN2O2/c1-2-23(13-12-15-6-4-3-5-7-15)20(24)18-14-19(25-22-18)16-8-10-17(21)11-9-16/h3-11,14H,2,12-13H2,1H3. The van der Waals surface area contributed by atoms with E-state index in [0.717, 1.165) is 12.0 Å². The first-order chi connectivity index (χ1) is 12.2. The summed E-state index contributed by atoms with van der Waals surface area (Å²) in [5.74, 6) is 0.432. The number of hydrogen-bond donors (Lipinski definition) is 0. The third kappa shape index (κ3) is 4.28. The van der Waals surface area contributed by atoms with Crippen LogP contribution in [0.4, 0.5) is 0 Å². The molecule has 3 rings (SSSR count). The molecule has 5 heteroatoms. The van der Waals surface area contributed by atoms with Crippen molar-refractivity contribution in [2.24, 2.45) is 0 Å². The van der Waals surface area contributed by atoms with E-state index in [0.29, 0.717) is 29.6 Å². The third-order valence-electron chi connectivity index (χ3n) is 4.04. The summed E-state index contributed by atoms with van der Waals surface area (Å²) in [6, 6.07) is 19.0. The van der Waals surface area contributed by atoms with E-state index < -0.39 is 0 Å². The molecule has 0 saturated heterocycles. The molecule has 1 heterocycles. The number of amides is 1. The van der Waals surface area contributed by atoms with Gasteiger partial charge in [0.1, 0.15) is 0 Å². The van der Waals surface area contributed by atoms with Crippen LogP contribution in [-0.4, -0.2) is 29.1 Å². The highest BCUT2D eigenvalue weighted by Crippen LogP contribution is 2.22. The Labute approximate surface area is 152 Å². The topological polar surface area (TPSA) is 46.3 Å². The number of carbonyl (C=O) groups is 1. The van der Waals surface area contributed by atoms with E-state index >= 15 is 0 Å².